The molecule has 2 rings (SSSR count). The standard InChI is InChI=1S/C12H17NO/c1-10-4-2-3-5-11(10)8-14-9-12-6-7-13-12/h2-5,12-13H,6-9H2,1H3. The highest BCUT2D eigenvalue weighted by Crippen LogP contribution is 2.09. The molecule has 1 unspecified atom stereocenters. The minimum Gasteiger partial charge on any atom is -0.375 e. The Morgan fingerprint density at radius 3 is 2.86 bits per heavy atom. The van der Waals surface area contributed by atoms with Gasteiger partial charge in [0.25, 0.3) is 0 Å². The zero-order valence-electron chi connectivity index (χ0n) is 8.62. The lowest BCUT2D eigenvalue weighted by Crippen LogP contribution is -2.45. The van der Waals surface area contributed by atoms with E-state index in [4.69, 9.17) is 4.74 Å². The topological polar surface area (TPSA) is 21.3 Å². The predicted octanol–water partition coefficient (Wildman–Crippen LogP) is 1.87. The zero-order chi connectivity index (χ0) is 9.80. The second kappa shape index (κ2) is 4.58. The Kier molecular flexibility index (Phi) is 3.17. The van der Waals surface area contributed by atoms with Gasteiger partial charge in [0.05, 0.1) is 13.2 Å². The van der Waals surface area contributed by atoms with Gasteiger partial charge in [-0.3, -0.25) is 0 Å². The van der Waals surface area contributed by atoms with Gasteiger partial charge < -0.3 is 10.1 Å². The Hall–Kier alpha value is -0.860. The molecule has 1 saturated heterocycles. The van der Waals surface area contributed by atoms with Crippen LogP contribution in [0, 0.1) is 6.92 Å². The zero-order valence-corrected chi connectivity index (χ0v) is 8.62. The van der Waals surface area contributed by atoms with Crippen molar-refractivity contribution in [1.82, 2.24) is 5.32 Å². The molecule has 2 heteroatoms. The van der Waals surface area contributed by atoms with E-state index in [-0.39, 0.29) is 0 Å². The molecule has 0 spiro atoms. The first-order valence-corrected chi connectivity index (χ1v) is 5.22. The third kappa shape index (κ3) is 2.34. The second-order valence-corrected chi connectivity index (χ2v) is 3.88. The van der Waals surface area contributed by atoms with Gasteiger partial charge in [-0.15, -0.1) is 0 Å². The van der Waals surface area contributed by atoms with E-state index < -0.39 is 0 Å². The van der Waals surface area contributed by atoms with Gasteiger partial charge in [-0.1, -0.05) is 24.3 Å². The van der Waals surface area contributed by atoms with Crippen LogP contribution in [0.15, 0.2) is 24.3 Å². The molecule has 0 aliphatic carbocycles. The average molecular weight is 191 g/mol. The molecule has 1 aromatic carbocycles. The smallest absolute Gasteiger partial charge is 0.0720 e. The van der Waals surface area contributed by atoms with Crippen molar-refractivity contribution < 1.29 is 4.74 Å². The number of hydrogen-bond donors (Lipinski definition) is 1. The van der Waals surface area contributed by atoms with E-state index in [2.05, 4.69) is 36.5 Å². The van der Waals surface area contributed by atoms with Crippen LogP contribution in [-0.4, -0.2) is 19.2 Å². The minimum atomic E-state index is 0.596. The van der Waals surface area contributed by atoms with Crippen LogP contribution in [0.2, 0.25) is 0 Å². The van der Waals surface area contributed by atoms with Crippen molar-refractivity contribution in [3.05, 3.63) is 35.4 Å². The van der Waals surface area contributed by atoms with Crippen molar-refractivity contribution in [1.29, 1.82) is 0 Å². The summed E-state index contributed by atoms with van der Waals surface area (Å²) in [6.45, 7) is 4.86. The van der Waals surface area contributed by atoms with E-state index in [1.54, 1.807) is 0 Å². The normalized spacial score (nSPS) is 20.5. The first-order chi connectivity index (χ1) is 6.86. The highest BCUT2D eigenvalue weighted by molar-refractivity contribution is 5.24. The van der Waals surface area contributed by atoms with E-state index in [0.717, 1.165) is 19.8 Å². The molecule has 1 heterocycles. The van der Waals surface area contributed by atoms with Crippen molar-refractivity contribution in [3.8, 4) is 0 Å². The number of hydrogen-bond acceptors (Lipinski definition) is 2. The maximum atomic E-state index is 5.64. The molecule has 1 N–H and O–H groups in total. The molecular formula is C12H17NO. The Labute approximate surface area is 85.3 Å². The van der Waals surface area contributed by atoms with Crippen LogP contribution in [0.3, 0.4) is 0 Å². The molecule has 0 amide bonds. The van der Waals surface area contributed by atoms with E-state index in [1.807, 2.05) is 0 Å². The highest BCUT2D eigenvalue weighted by atomic mass is 16.5. The largest absolute Gasteiger partial charge is 0.375 e. The quantitative estimate of drug-likeness (QED) is 0.784. The summed E-state index contributed by atoms with van der Waals surface area (Å²) in [7, 11) is 0. The van der Waals surface area contributed by atoms with Crippen LogP contribution in [-0.2, 0) is 11.3 Å². The lowest BCUT2D eigenvalue weighted by atomic mass is 10.1. The average Bonchev–Trinajstić information content (AvgIpc) is 2.12. The molecule has 1 aliphatic rings. The minimum absolute atomic E-state index is 0.596. The fourth-order valence-electron chi connectivity index (χ4n) is 1.57. The number of rotatable bonds is 4. The molecule has 1 atom stereocenters. The highest BCUT2D eigenvalue weighted by Gasteiger charge is 2.15. The second-order valence-electron chi connectivity index (χ2n) is 3.88. The summed E-state index contributed by atoms with van der Waals surface area (Å²) < 4.78 is 5.64. The van der Waals surface area contributed by atoms with Gasteiger partial charge in [0, 0.05) is 6.04 Å². The number of nitrogens with one attached hydrogen (secondary N) is 1. The molecule has 0 saturated carbocycles. The number of ether oxygens (including phenoxy) is 1. The third-order valence-electron chi connectivity index (χ3n) is 2.76. The van der Waals surface area contributed by atoms with Crippen molar-refractivity contribution in [2.75, 3.05) is 13.2 Å². The first kappa shape index (κ1) is 9.69. The van der Waals surface area contributed by atoms with Crippen molar-refractivity contribution in [3.63, 3.8) is 0 Å². The molecule has 0 bridgehead atoms. The molecular weight excluding hydrogens is 174 g/mol. The molecule has 1 fully saturated rings. The van der Waals surface area contributed by atoms with Crippen molar-refractivity contribution in [2.24, 2.45) is 0 Å². The molecule has 14 heavy (non-hydrogen) atoms. The van der Waals surface area contributed by atoms with Gasteiger partial charge in [0.15, 0.2) is 0 Å². The fourth-order valence-corrected chi connectivity index (χ4v) is 1.57. The van der Waals surface area contributed by atoms with E-state index in [9.17, 15) is 0 Å². The van der Waals surface area contributed by atoms with Crippen LogP contribution < -0.4 is 5.32 Å². The van der Waals surface area contributed by atoms with Crippen LogP contribution in [0.5, 0.6) is 0 Å². The van der Waals surface area contributed by atoms with Gasteiger partial charge in [0.1, 0.15) is 0 Å². The Morgan fingerprint density at radius 1 is 1.43 bits per heavy atom. The van der Waals surface area contributed by atoms with Gasteiger partial charge in [-0.25, -0.2) is 0 Å². The van der Waals surface area contributed by atoms with Gasteiger partial charge in [0.2, 0.25) is 0 Å². The molecule has 2 nitrogen and oxygen atoms in total. The van der Waals surface area contributed by atoms with Gasteiger partial charge in [-0.05, 0) is 31.0 Å². The molecule has 0 radical (unpaired) electrons. The van der Waals surface area contributed by atoms with Gasteiger partial charge in [-0.2, -0.15) is 0 Å². The summed E-state index contributed by atoms with van der Waals surface area (Å²) in [5.74, 6) is 0. The maximum Gasteiger partial charge on any atom is 0.0720 e. The Balaban J connectivity index is 1.76. The van der Waals surface area contributed by atoms with Crippen LogP contribution in [0.4, 0.5) is 0 Å². The summed E-state index contributed by atoms with van der Waals surface area (Å²) in [5.41, 5.74) is 2.61. The third-order valence-corrected chi connectivity index (χ3v) is 2.76. The molecule has 0 aromatic heterocycles. The fraction of sp³-hybridized carbons (Fsp3) is 0.500. The summed E-state index contributed by atoms with van der Waals surface area (Å²) in [5, 5.41) is 3.32. The lowest BCUT2D eigenvalue weighted by molar-refractivity contribution is 0.0804. The van der Waals surface area contributed by atoms with Gasteiger partial charge >= 0.3 is 0 Å². The van der Waals surface area contributed by atoms with E-state index in [1.165, 1.54) is 17.5 Å². The van der Waals surface area contributed by atoms with Crippen LogP contribution in [0.1, 0.15) is 17.5 Å². The van der Waals surface area contributed by atoms with Crippen molar-refractivity contribution >= 4 is 0 Å². The SMILES string of the molecule is Cc1ccccc1COCC1CCN1. The molecule has 1 aromatic rings. The number of benzene rings is 1. The molecule has 76 valence electrons. The van der Waals surface area contributed by atoms with Crippen LogP contribution >= 0.6 is 0 Å². The lowest BCUT2D eigenvalue weighted by Gasteiger charge is -2.27. The monoisotopic (exact) mass is 191 g/mol. The van der Waals surface area contributed by atoms with E-state index >= 15 is 0 Å². The number of aryl methyl sites for hydroxylation is 1. The Bertz CT molecular complexity index is 294. The molecule has 1 aliphatic heterocycles. The maximum absolute atomic E-state index is 5.64. The first-order valence-electron chi connectivity index (χ1n) is 5.22. The predicted molar refractivity (Wildman–Crippen MR) is 57.2 cm³/mol. The van der Waals surface area contributed by atoms with Crippen molar-refractivity contribution in [2.45, 2.75) is 26.0 Å². The summed E-state index contributed by atoms with van der Waals surface area (Å²) >= 11 is 0. The van der Waals surface area contributed by atoms with E-state index in [0.29, 0.717) is 6.04 Å². The summed E-state index contributed by atoms with van der Waals surface area (Å²) in [6, 6.07) is 8.97. The Morgan fingerprint density at radius 2 is 2.21 bits per heavy atom. The summed E-state index contributed by atoms with van der Waals surface area (Å²) in [4.78, 5) is 0. The van der Waals surface area contributed by atoms with Crippen LogP contribution in [0.25, 0.3) is 0 Å². The summed E-state index contributed by atoms with van der Waals surface area (Å²) in [6.07, 6.45) is 1.26.